The molecule has 3 N–H and O–H groups in total. The molecule has 8 nitrogen and oxygen atoms in total. The number of benzene rings is 2. The number of carbonyl (C=O) groups excluding carboxylic acids is 2. The van der Waals surface area contributed by atoms with E-state index in [9.17, 15) is 14.0 Å². The van der Waals surface area contributed by atoms with Crippen molar-refractivity contribution in [1.82, 2.24) is 10.2 Å². The third-order valence-corrected chi connectivity index (χ3v) is 6.23. The molecular weight excluding hydrogens is 449 g/mol. The largest absolute Gasteiger partial charge is 0.482 e. The predicted molar refractivity (Wildman–Crippen MR) is 127 cm³/mol. The molecule has 176 valence electrons. The lowest BCUT2D eigenvalue weighted by molar-refractivity contribution is -0.118. The van der Waals surface area contributed by atoms with Gasteiger partial charge in [-0.1, -0.05) is 18.5 Å². The summed E-state index contributed by atoms with van der Waals surface area (Å²) in [5.41, 5.74) is 2.41. The van der Waals surface area contributed by atoms with Gasteiger partial charge in [-0.2, -0.15) is 0 Å². The van der Waals surface area contributed by atoms with Crippen molar-refractivity contribution in [2.24, 2.45) is 0 Å². The highest BCUT2D eigenvalue weighted by Gasteiger charge is 2.23. The summed E-state index contributed by atoms with van der Waals surface area (Å²) in [5, 5.41) is 8.49. The lowest BCUT2D eigenvalue weighted by Crippen LogP contribution is -2.46. The summed E-state index contributed by atoms with van der Waals surface area (Å²) in [7, 11) is 0. The van der Waals surface area contributed by atoms with Crippen LogP contribution in [-0.2, 0) is 4.79 Å². The second-order valence-corrected chi connectivity index (χ2v) is 8.52. The zero-order chi connectivity index (χ0) is 23.5. The number of ether oxygens (including phenoxy) is 1. The summed E-state index contributed by atoms with van der Waals surface area (Å²) in [6.07, 6.45) is 0. The highest BCUT2D eigenvalue weighted by atomic mass is 35.5. The van der Waals surface area contributed by atoms with Crippen LogP contribution in [0.4, 0.5) is 26.2 Å². The van der Waals surface area contributed by atoms with Gasteiger partial charge in [0.15, 0.2) is 6.61 Å². The second kappa shape index (κ2) is 9.84. The number of nitrogens with zero attached hydrogens (tertiary/aromatic N) is 2. The van der Waals surface area contributed by atoms with Crippen LogP contribution in [0.25, 0.3) is 0 Å². The van der Waals surface area contributed by atoms with E-state index in [1.165, 1.54) is 18.2 Å². The van der Waals surface area contributed by atoms with Crippen LogP contribution >= 0.6 is 11.6 Å². The average molecular weight is 476 g/mol. The SMILES string of the molecule is CCN1CCN(c2ccc(F)cc2[C@H](C)NC(=O)Nc2cc3c(cc2Cl)NC(=O)CO3)CC1. The number of halogens is 2. The van der Waals surface area contributed by atoms with Crippen LogP contribution in [-0.4, -0.2) is 56.2 Å². The molecule has 3 amide bonds. The molecule has 0 spiro atoms. The minimum absolute atomic E-state index is 0.105. The topological polar surface area (TPSA) is 85.9 Å². The molecule has 2 aromatic carbocycles. The summed E-state index contributed by atoms with van der Waals surface area (Å²) < 4.78 is 19.5. The van der Waals surface area contributed by atoms with Crippen molar-refractivity contribution in [1.29, 1.82) is 0 Å². The molecule has 2 aromatic rings. The molecule has 1 fully saturated rings. The maximum atomic E-state index is 14.1. The first-order valence-corrected chi connectivity index (χ1v) is 11.3. The third-order valence-electron chi connectivity index (χ3n) is 5.91. The number of urea groups is 1. The van der Waals surface area contributed by atoms with Gasteiger partial charge in [0.05, 0.1) is 22.4 Å². The van der Waals surface area contributed by atoms with Crippen LogP contribution in [0.3, 0.4) is 0 Å². The monoisotopic (exact) mass is 475 g/mol. The summed E-state index contributed by atoms with van der Waals surface area (Å²) in [5.74, 6) is -0.208. The summed E-state index contributed by atoms with van der Waals surface area (Å²) in [6.45, 7) is 8.41. The van der Waals surface area contributed by atoms with Gasteiger partial charge in [0.2, 0.25) is 0 Å². The van der Waals surface area contributed by atoms with Crippen molar-refractivity contribution in [2.75, 3.05) is 54.9 Å². The molecule has 33 heavy (non-hydrogen) atoms. The fourth-order valence-corrected chi connectivity index (χ4v) is 4.30. The van der Waals surface area contributed by atoms with Crippen LogP contribution in [0.1, 0.15) is 25.5 Å². The Balaban J connectivity index is 1.46. The van der Waals surface area contributed by atoms with Crippen molar-refractivity contribution in [3.8, 4) is 5.75 Å². The van der Waals surface area contributed by atoms with Gasteiger partial charge in [-0.3, -0.25) is 4.79 Å². The number of nitrogens with one attached hydrogen (secondary N) is 3. The number of anilines is 3. The minimum Gasteiger partial charge on any atom is -0.482 e. The van der Waals surface area contributed by atoms with Crippen molar-refractivity contribution in [2.45, 2.75) is 19.9 Å². The van der Waals surface area contributed by atoms with Crippen molar-refractivity contribution in [3.05, 3.63) is 46.7 Å². The molecule has 2 heterocycles. The van der Waals surface area contributed by atoms with Gasteiger partial charge in [0.1, 0.15) is 11.6 Å². The number of likely N-dealkylation sites (N-methyl/N-ethyl adjacent to an activating group) is 1. The Kier molecular flexibility index (Phi) is 6.90. The normalized spacial score (nSPS) is 17.0. The highest BCUT2D eigenvalue weighted by Crippen LogP contribution is 2.36. The van der Waals surface area contributed by atoms with Crippen molar-refractivity contribution >= 4 is 40.6 Å². The van der Waals surface area contributed by atoms with Gasteiger partial charge in [-0.05, 0) is 37.7 Å². The Morgan fingerprint density at radius 2 is 2.00 bits per heavy atom. The maximum absolute atomic E-state index is 14.1. The Bertz CT molecular complexity index is 1060. The minimum atomic E-state index is -0.491. The smallest absolute Gasteiger partial charge is 0.319 e. The molecule has 2 aliphatic heterocycles. The standard InChI is InChI=1S/C23H27ClFN5O3/c1-3-29-6-8-30(9-7-29)20-5-4-15(25)10-16(20)14(2)26-23(32)28-18-12-21-19(11-17(18)24)27-22(31)13-33-21/h4-5,10-12,14H,3,6-9,13H2,1-2H3,(H,27,31)(H2,26,28,32)/t14-/m0/s1. The number of amides is 3. The Morgan fingerprint density at radius 1 is 1.24 bits per heavy atom. The Labute approximate surface area is 197 Å². The molecule has 0 unspecified atom stereocenters. The zero-order valence-corrected chi connectivity index (χ0v) is 19.3. The molecule has 0 aromatic heterocycles. The average Bonchev–Trinajstić information content (AvgIpc) is 2.79. The van der Waals surface area contributed by atoms with Crippen LogP contribution in [0.5, 0.6) is 5.75 Å². The van der Waals surface area contributed by atoms with Crippen molar-refractivity contribution < 1.29 is 18.7 Å². The quantitative estimate of drug-likeness (QED) is 0.612. The van der Waals surface area contributed by atoms with Crippen LogP contribution in [0.15, 0.2) is 30.3 Å². The molecule has 2 aliphatic rings. The molecule has 1 saturated heterocycles. The Hall–Kier alpha value is -3.04. The number of piperazine rings is 1. The first kappa shape index (κ1) is 23.1. The second-order valence-electron chi connectivity index (χ2n) is 8.11. The van der Waals surface area contributed by atoms with Gasteiger partial charge >= 0.3 is 6.03 Å². The van der Waals surface area contributed by atoms with Crippen molar-refractivity contribution in [3.63, 3.8) is 0 Å². The fourth-order valence-electron chi connectivity index (χ4n) is 4.09. The van der Waals surface area contributed by atoms with E-state index < -0.39 is 12.1 Å². The van der Waals surface area contributed by atoms with E-state index in [1.807, 2.05) is 6.92 Å². The van der Waals surface area contributed by atoms with Crippen LogP contribution in [0, 0.1) is 5.82 Å². The fraction of sp³-hybridized carbons (Fsp3) is 0.391. The van der Waals surface area contributed by atoms with Gasteiger partial charge < -0.3 is 30.5 Å². The van der Waals surface area contributed by atoms with Crippen LogP contribution in [0.2, 0.25) is 5.02 Å². The highest BCUT2D eigenvalue weighted by molar-refractivity contribution is 6.34. The van der Waals surface area contributed by atoms with Crippen LogP contribution < -0.4 is 25.6 Å². The lowest BCUT2D eigenvalue weighted by atomic mass is 10.0. The number of carbonyl (C=O) groups is 2. The molecule has 4 rings (SSSR count). The Morgan fingerprint density at radius 3 is 2.73 bits per heavy atom. The molecule has 0 radical (unpaired) electrons. The molecule has 1 atom stereocenters. The first-order chi connectivity index (χ1) is 15.8. The van der Waals surface area contributed by atoms with Gasteiger partial charge in [-0.25, -0.2) is 9.18 Å². The summed E-state index contributed by atoms with van der Waals surface area (Å²) in [4.78, 5) is 28.8. The van der Waals surface area contributed by atoms with Gasteiger partial charge in [0, 0.05) is 43.5 Å². The number of fused-ring (bicyclic) bond motifs is 1. The number of rotatable bonds is 5. The lowest BCUT2D eigenvalue weighted by Gasteiger charge is -2.37. The van der Waals surface area contributed by atoms with E-state index in [-0.39, 0.29) is 23.4 Å². The van der Waals surface area contributed by atoms with E-state index in [2.05, 4.69) is 32.7 Å². The molecular formula is C23H27ClFN5O3. The zero-order valence-electron chi connectivity index (χ0n) is 18.6. The van der Waals surface area contributed by atoms with Gasteiger partial charge in [-0.15, -0.1) is 0 Å². The molecule has 0 saturated carbocycles. The van der Waals surface area contributed by atoms with E-state index in [4.69, 9.17) is 16.3 Å². The molecule has 10 heteroatoms. The number of hydrogen-bond acceptors (Lipinski definition) is 5. The van der Waals surface area contributed by atoms with E-state index in [0.29, 0.717) is 22.7 Å². The first-order valence-electron chi connectivity index (χ1n) is 10.9. The van der Waals surface area contributed by atoms with E-state index >= 15 is 0 Å². The van der Waals surface area contributed by atoms with E-state index in [0.717, 1.165) is 38.4 Å². The van der Waals surface area contributed by atoms with Gasteiger partial charge in [0.25, 0.3) is 5.91 Å². The summed E-state index contributed by atoms with van der Waals surface area (Å²) >= 11 is 6.27. The summed E-state index contributed by atoms with van der Waals surface area (Å²) in [6, 6.07) is 6.82. The van der Waals surface area contributed by atoms with E-state index in [1.54, 1.807) is 12.1 Å². The molecule has 0 aliphatic carbocycles. The third kappa shape index (κ3) is 5.31. The molecule has 0 bridgehead atoms. The predicted octanol–water partition coefficient (Wildman–Crippen LogP) is 3.83. The number of hydrogen-bond donors (Lipinski definition) is 3. The maximum Gasteiger partial charge on any atom is 0.319 e.